The molecule has 0 saturated heterocycles. The van der Waals surface area contributed by atoms with Gasteiger partial charge in [0.2, 0.25) is 10.0 Å². The summed E-state index contributed by atoms with van der Waals surface area (Å²) in [5.74, 6) is 0.681. The van der Waals surface area contributed by atoms with Gasteiger partial charge in [-0.3, -0.25) is 0 Å². The quantitative estimate of drug-likeness (QED) is 0.807. The number of nitrogens with one attached hydrogen (secondary N) is 1. The van der Waals surface area contributed by atoms with E-state index in [1.807, 2.05) is 0 Å². The number of hydrogen-bond acceptors (Lipinski definition) is 5. The third-order valence-electron chi connectivity index (χ3n) is 2.36. The summed E-state index contributed by atoms with van der Waals surface area (Å²) in [6.45, 7) is 2.94. The van der Waals surface area contributed by atoms with Crippen LogP contribution in [0.5, 0.6) is 11.5 Å². The van der Waals surface area contributed by atoms with Crippen molar-refractivity contribution in [3.05, 3.63) is 18.2 Å². The van der Waals surface area contributed by atoms with Crippen molar-refractivity contribution in [1.82, 2.24) is 4.72 Å². The minimum atomic E-state index is -3.75. The van der Waals surface area contributed by atoms with Gasteiger partial charge in [0.15, 0.2) is 0 Å². The fourth-order valence-electron chi connectivity index (χ4n) is 1.35. The van der Waals surface area contributed by atoms with Crippen LogP contribution < -0.4 is 14.2 Å². The first-order valence-electron chi connectivity index (χ1n) is 5.64. The van der Waals surface area contributed by atoms with Crippen molar-refractivity contribution < 1.29 is 23.0 Å². The Labute approximate surface area is 113 Å². The normalized spacial score (nSPS) is 12.3. The zero-order valence-corrected chi connectivity index (χ0v) is 12.2. The molecule has 0 atom stereocenters. The molecule has 6 nitrogen and oxygen atoms in total. The number of benzene rings is 1. The summed E-state index contributed by atoms with van der Waals surface area (Å²) in [6.07, 6.45) is 0. The van der Waals surface area contributed by atoms with Gasteiger partial charge in [0.1, 0.15) is 16.4 Å². The number of ether oxygens (including phenoxy) is 2. The van der Waals surface area contributed by atoms with E-state index in [4.69, 9.17) is 9.47 Å². The molecule has 0 aliphatic carbocycles. The molecule has 19 heavy (non-hydrogen) atoms. The zero-order valence-electron chi connectivity index (χ0n) is 11.4. The number of methoxy groups -OCH3 is 2. The van der Waals surface area contributed by atoms with Gasteiger partial charge in [0, 0.05) is 12.6 Å². The molecule has 1 aromatic carbocycles. The highest BCUT2D eigenvalue weighted by atomic mass is 32.2. The van der Waals surface area contributed by atoms with Crippen molar-refractivity contribution in [2.24, 2.45) is 0 Å². The van der Waals surface area contributed by atoms with Gasteiger partial charge in [-0.15, -0.1) is 0 Å². The number of rotatable bonds is 6. The minimum Gasteiger partial charge on any atom is -0.497 e. The van der Waals surface area contributed by atoms with E-state index in [1.165, 1.54) is 46.3 Å². The molecule has 0 aliphatic rings. The molecular weight excluding hydrogens is 270 g/mol. The molecule has 1 rings (SSSR count). The summed E-state index contributed by atoms with van der Waals surface area (Å²) in [4.78, 5) is 0.0000463. The van der Waals surface area contributed by atoms with Crippen molar-refractivity contribution in [3.8, 4) is 11.5 Å². The van der Waals surface area contributed by atoms with E-state index in [2.05, 4.69) is 4.72 Å². The summed E-state index contributed by atoms with van der Waals surface area (Å²) in [7, 11) is -0.891. The Bertz CT molecular complexity index is 534. The maximum absolute atomic E-state index is 12.1. The van der Waals surface area contributed by atoms with E-state index in [0.717, 1.165) is 0 Å². The third-order valence-corrected chi connectivity index (χ3v) is 3.80. The van der Waals surface area contributed by atoms with E-state index in [9.17, 15) is 13.5 Å². The average Bonchev–Trinajstić information content (AvgIpc) is 2.35. The van der Waals surface area contributed by atoms with E-state index >= 15 is 0 Å². The van der Waals surface area contributed by atoms with Gasteiger partial charge in [-0.05, 0) is 26.0 Å². The molecule has 0 amide bonds. The predicted molar refractivity (Wildman–Crippen MR) is 71.0 cm³/mol. The first-order valence-corrected chi connectivity index (χ1v) is 7.12. The second-order valence-electron chi connectivity index (χ2n) is 4.65. The average molecular weight is 289 g/mol. The first-order chi connectivity index (χ1) is 8.69. The van der Waals surface area contributed by atoms with E-state index in [1.54, 1.807) is 0 Å². The SMILES string of the molecule is COc1ccc(S(=O)(=O)NCC(C)(C)O)c(OC)c1. The highest BCUT2D eigenvalue weighted by Crippen LogP contribution is 2.28. The topological polar surface area (TPSA) is 84.9 Å². The smallest absolute Gasteiger partial charge is 0.244 e. The fourth-order valence-corrected chi connectivity index (χ4v) is 2.70. The van der Waals surface area contributed by atoms with Gasteiger partial charge in [-0.25, -0.2) is 13.1 Å². The van der Waals surface area contributed by atoms with Crippen LogP contribution in [0.15, 0.2) is 23.1 Å². The fraction of sp³-hybridized carbons (Fsp3) is 0.500. The maximum Gasteiger partial charge on any atom is 0.244 e. The van der Waals surface area contributed by atoms with Crippen LogP contribution >= 0.6 is 0 Å². The minimum absolute atomic E-state index is 0.0000463. The molecule has 108 valence electrons. The van der Waals surface area contributed by atoms with Crippen LogP contribution in [0, 0.1) is 0 Å². The summed E-state index contributed by atoms with van der Waals surface area (Å²) < 4.78 is 36.6. The largest absolute Gasteiger partial charge is 0.497 e. The second-order valence-corrected chi connectivity index (χ2v) is 6.39. The van der Waals surface area contributed by atoms with Crippen LogP contribution in [0.25, 0.3) is 0 Å². The summed E-state index contributed by atoms with van der Waals surface area (Å²) in [5, 5.41) is 9.56. The lowest BCUT2D eigenvalue weighted by molar-refractivity contribution is 0.0857. The van der Waals surface area contributed by atoms with Crippen molar-refractivity contribution in [2.75, 3.05) is 20.8 Å². The lowest BCUT2D eigenvalue weighted by atomic mass is 10.1. The molecule has 0 spiro atoms. The molecule has 2 N–H and O–H groups in total. The second kappa shape index (κ2) is 5.77. The molecule has 0 aliphatic heterocycles. The molecule has 0 aromatic heterocycles. The Hall–Kier alpha value is -1.31. The molecule has 0 saturated carbocycles. The first kappa shape index (κ1) is 15.7. The Morgan fingerprint density at radius 3 is 2.37 bits per heavy atom. The predicted octanol–water partition coefficient (Wildman–Crippen LogP) is 0.753. The van der Waals surface area contributed by atoms with E-state index in [-0.39, 0.29) is 17.2 Å². The Kier molecular flexibility index (Phi) is 4.78. The highest BCUT2D eigenvalue weighted by Gasteiger charge is 2.23. The van der Waals surface area contributed by atoms with Gasteiger partial charge in [0.25, 0.3) is 0 Å². The summed E-state index contributed by atoms with van der Waals surface area (Å²) >= 11 is 0. The number of sulfonamides is 1. The van der Waals surface area contributed by atoms with Gasteiger partial charge in [-0.1, -0.05) is 0 Å². The Balaban J connectivity index is 3.07. The molecule has 0 radical (unpaired) electrons. The maximum atomic E-state index is 12.1. The number of aliphatic hydroxyl groups is 1. The van der Waals surface area contributed by atoms with Gasteiger partial charge in [-0.2, -0.15) is 0 Å². The lowest BCUT2D eigenvalue weighted by Gasteiger charge is -2.18. The third kappa shape index (κ3) is 4.38. The van der Waals surface area contributed by atoms with Crippen LogP contribution in [0.1, 0.15) is 13.8 Å². The lowest BCUT2D eigenvalue weighted by Crippen LogP contribution is -2.38. The molecule has 0 unspecified atom stereocenters. The van der Waals surface area contributed by atoms with Crippen LogP contribution in [-0.4, -0.2) is 39.9 Å². The van der Waals surface area contributed by atoms with E-state index in [0.29, 0.717) is 5.75 Å². The van der Waals surface area contributed by atoms with Gasteiger partial charge in [0.05, 0.1) is 19.8 Å². The van der Waals surface area contributed by atoms with Crippen LogP contribution in [0.4, 0.5) is 0 Å². The molecule has 0 fully saturated rings. The van der Waals surface area contributed by atoms with Gasteiger partial charge >= 0.3 is 0 Å². The molecule has 0 bridgehead atoms. The summed E-state index contributed by atoms with van der Waals surface area (Å²) in [5.41, 5.74) is -1.13. The Morgan fingerprint density at radius 2 is 1.89 bits per heavy atom. The molecule has 0 heterocycles. The molecule has 7 heteroatoms. The van der Waals surface area contributed by atoms with Crippen LogP contribution in [0.3, 0.4) is 0 Å². The van der Waals surface area contributed by atoms with Crippen molar-refractivity contribution >= 4 is 10.0 Å². The van der Waals surface area contributed by atoms with Crippen molar-refractivity contribution in [2.45, 2.75) is 24.3 Å². The summed E-state index contributed by atoms with van der Waals surface area (Å²) in [6, 6.07) is 4.41. The number of hydrogen-bond donors (Lipinski definition) is 2. The zero-order chi connectivity index (χ0) is 14.7. The van der Waals surface area contributed by atoms with Crippen LogP contribution in [-0.2, 0) is 10.0 Å². The monoisotopic (exact) mass is 289 g/mol. The standard InChI is InChI=1S/C12H19NO5S/c1-12(2,14)8-13-19(15,16)11-6-5-9(17-3)7-10(11)18-4/h5-7,13-14H,8H2,1-4H3. The highest BCUT2D eigenvalue weighted by molar-refractivity contribution is 7.89. The van der Waals surface area contributed by atoms with Gasteiger partial charge < -0.3 is 14.6 Å². The van der Waals surface area contributed by atoms with Crippen molar-refractivity contribution in [1.29, 1.82) is 0 Å². The molecule has 1 aromatic rings. The molecular formula is C12H19NO5S. The van der Waals surface area contributed by atoms with E-state index < -0.39 is 15.6 Å². The van der Waals surface area contributed by atoms with Crippen LogP contribution in [0.2, 0.25) is 0 Å². The Morgan fingerprint density at radius 1 is 1.26 bits per heavy atom. The van der Waals surface area contributed by atoms with Crippen molar-refractivity contribution in [3.63, 3.8) is 0 Å².